The van der Waals surface area contributed by atoms with Gasteiger partial charge in [0, 0.05) is 21.7 Å². The smallest absolute Gasteiger partial charge is 0.266 e. The number of halogens is 2. The van der Waals surface area contributed by atoms with E-state index in [1.807, 2.05) is 85.8 Å². The second-order valence-corrected chi connectivity index (χ2v) is 9.36. The van der Waals surface area contributed by atoms with Crippen LogP contribution in [0.3, 0.4) is 0 Å². The average molecular weight is 609 g/mol. The van der Waals surface area contributed by atoms with Crippen LogP contribution in [0.25, 0.3) is 16.8 Å². The van der Waals surface area contributed by atoms with E-state index in [0.29, 0.717) is 34.4 Å². The van der Waals surface area contributed by atoms with E-state index in [1.54, 1.807) is 12.1 Å². The van der Waals surface area contributed by atoms with Gasteiger partial charge in [-0.3, -0.25) is 4.79 Å². The van der Waals surface area contributed by atoms with Crippen molar-refractivity contribution in [1.29, 1.82) is 5.26 Å². The van der Waals surface area contributed by atoms with Crippen molar-refractivity contribution in [2.75, 3.05) is 11.9 Å². The predicted octanol–water partition coefficient (Wildman–Crippen LogP) is 7.62. The van der Waals surface area contributed by atoms with Crippen LogP contribution in [0.1, 0.15) is 18.1 Å². The van der Waals surface area contributed by atoms with E-state index in [4.69, 9.17) is 21.1 Å². The standard InChI is InChI=1S/C29H22ClIN2O3/c1-2-35-27-16-19(15-25(31)28(27)36-18-21-9-4-6-12-24(21)30)14-22(17-32)29(34)33-26-13-7-10-20-8-3-5-11-23(20)26/h3-16H,2,18H2,1H3,(H,33,34)/b22-14+. The van der Waals surface area contributed by atoms with Crippen molar-refractivity contribution in [1.82, 2.24) is 0 Å². The molecule has 0 aliphatic carbocycles. The third-order valence-electron chi connectivity index (χ3n) is 5.38. The molecule has 0 saturated carbocycles. The summed E-state index contributed by atoms with van der Waals surface area (Å²) >= 11 is 8.42. The molecule has 0 fully saturated rings. The molecule has 5 nitrogen and oxygen atoms in total. The molecule has 4 aromatic rings. The van der Waals surface area contributed by atoms with Crippen LogP contribution in [0.5, 0.6) is 11.5 Å². The molecule has 1 amide bonds. The molecule has 0 aliphatic rings. The fourth-order valence-electron chi connectivity index (χ4n) is 3.68. The number of anilines is 1. The Morgan fingerprint density at radius 1 is 1.06 bits per heavy atom. The zero-order valence-electron chi connectivity index (χ0n) is 19.4. The number of carbonyl (C=O) groups excluding carboxylic acids is 1. The maximum atomic E-state index is 13.0. The van der Waals surface area contributed by atoms with Gasteiger partial charge in [-0.05, 0) is 70.8 Å². The Bertz CT molecular complexity index is 1490. The lowest BCUT2D eigenvalue weighted by atomic mass is 10.1. The molecule has 4 aromatic carbocycles. The van der Waals surface area contributed by atoms with E-state index < -0.39 is 5.91 Å². The maximum Gasteiger partial charge on any atom is 0.266 e. The first-order valence-corrected chi connectivity index (χ1v) is 12.7. The number of ether oxygens (including phenoxy) is 2. The van der Waals surface area contributed by atoms with E-state index in [0.717, 1.165) is 19.9 Å². The second-order valence-electron chi connectivity index (χ2n) is 7.79. The van der Waals surface area contributed by atoms with Crippen molar-refractivity contribution in [2.45, 2.75) is 13.5 Å². The van der Waals surface area contributed by atoms with Crippen LogP contribution < -0.4 is 14.8 Å². The minimum Gasteiger partial charge on any atom is -0.490 e. The van der Waals surface area contributed by atoms with Crippen molar-refractivity contribution in [3.63, 3.8) is 0 Å². The van der Waals surface area contributed by atoms with Crippen LogP contribution in [-0.4, -0.2) is 12.5 Å². The summed E-state index contributed by atoms with van der Waals surface area (Å²) in [6, 6.07) is 26.5. The highest BCUT2D eigenvalue weighted by Gasteiger charge is 2.16. The average Bonchev–Trinajstić information content (AvgIpc) is 2.88. The molecule has 0 spiro atoms. The van der Waals surface area contributed by atoms with Gasteiger partial charge in [0.05, 0.1) is 10.2 Å². The highest BCUT2D eigenvalue weighted by atomic mass is 127. The van der Waals surface area contributed by atoms with Crippen molar-refractivity contribution in [3.05, 3.63) is 104 Å². The summed E-state index contributed by atoms with van der Waals surface area (Å²) in [5.41, 5.74) is 2.13. The Hall–Kier alpha value is -3.54. The summed E-state index contributed by atoms with van der Waals surface area (Å²) in [5.74, 6) is 0.614. The van der Waals surface area contributed by atoms with Crippen LogP contribution in [0.4, 0.5) is 5.69 Å². The molecule has 0 atom stereocenters. The van der Waals surface area contributed by atoms with Gasteiger partial charge in [0.25, 0.3) is 5.91 Å². The molecule has 36 heavy (non-hydrogen) atoms. The largest absolute Gasteiger partial charge is 0.490 e. The van der Waals surface area contributed by atoms with Crippen molar-refractivity contribution in [2.24, 2.45) is 0 Å². The maximum absolute atomic E-state index is 13.0. The third kappa shape index (κ3) is 5.99. The van der Waals surface area contributed by atoms with Crippen molar-refractivity contribution >= 4 is 62.6 Å². The zero-order valence-corrected chi connectivity index (χ0v) is 22.3. The summed E-state index contributed by atoms with van der Waals surface area (Å²) in [4.78, 5) is 13.0. The van der Waals surface area contributed by atoms with E-state index in [1.165, 1.54) is 0 Å². The predicted molar refractivity (Wildman–Crippen MR) is 152 cm³/mol. The van der Waals surface area contributed by atoms with Gasteiger partial charge in [0.2, 0.25) is 0 Å². The fourth-order valence-corrected chi connectivity index (χ4v) is 4.65. The number of rotatable bonds is 8. The Morgan fingerprint density at radius 2 is 1.81 bits per heavy atom. The molecule has 0 unspecified atom stereocenters. The molecule has 4 rings (SSSR count). The summed E-state index contributed by atoms with van der Waals surface area (Å²) in [5, 5.41) is 15.1. The van der Waals surface area contributed by atoms with Crippen LogP contribution in [-0.2, 0) is 11.4 Å². The number of benzene rings is 4. The molecule has 0 aromatic heterocycles. The van der Waals surface area contributed by atoms with E-state index >= 15 is 0 Å². The Morgan fingerprint density at radius 3 is 2.58 bits per heavy atom. The van der Waals surface area contributed by atoms with E-state index in [9.17, 15) is 10.1 Å². The lowest BCUT2D eigenvalue weighted by molar-refractivity contribution is -0.112. The molecule has 0 heterocycles. The summed E-state index contributed by atoms with van der Waals surface area (Å²) in [6.45, 7) is 2.59. The van der Waals surface area contributed by atoms with E-state index in [-0.39, 0.29) is 12.2 Å². The monoisotopic (exact) mass is 608 g/mol. The quantitative estimate of drug-likeness (QED) is 0.127. The van der Waals surface area contributed by atoms with Crippen molar-refractivity contribution < 1.29 is 14.3 Å². The van der Waals surface area contributed by atoms with Crippen LogP contribution in [0, 0.1) is 14.9 Å². The molecule has 0 saturated heterocycles. The van der Waals surface area contributed by atoms with Gasteiger partial charge in [-0.1, -0.05) is 66.2 Å². The lowest BCUT2D eigenvalue weighted by Crippen LogP contribution is -2.13. The summed E-state index contributed by atoms with van der Waals surface area (Å²) in [7, 11) is 0. The Labute approximate surface area is 228 Å². The third-order valence-corrected chi connectivity index (χ3v) is 6.55. The molecular weight excluding hydrogens is 587 g/mol. The molecule has 0 aliphatic heterocycles. The highest BCUT2D eigenvalue weighted by Crippen LogP contribution is 2.36. The number of nitrogens with one attached hydrogen (secondary N) is 1. The molecule has 1 N–H and O–H groups in total. The van der Waals surface area contributed by atoms with Gasteiger partial charge < -0.3 is 14.8 Å². The number of fused-ring (bicyclic) bond motifs is 1. The van der Waals surface area contributed by atoms with Crippen LogP contribution in [0.15, 0.2) is 84.4 Å². The van der Waals surface area contributed by atoms with Gasteiger partial charge in [0.15, 0.2) is 11.5 Å². The highest BCUT2D eigenvalue weighted by molar-refractivity contribution is 14.1. The minimum atomic E-state index is -0.485. The summed E-state index contributed by atoms with van der Waals surface area (Å²) in [6.07, 6.45) is 1.54. The molecule has 180 valence electrons. The molecular formula is C29H22ClIN2O3. The molecule has 0 bridgehead atoms. The first-order chi connectivity index (χ1) is 17.5. The Balaban J connectivity index is 1.60. The van der Waals surface area contributed by atoms with Crippen LogP contribution in [0.2, 0.25) is 5.02 Å². The molecule has 7 heteroatoms. The zero-order chi connectivity index (χ0) is 25.5. The van der Waals surface area contributed by atoms with Gasteiger partial charge >= 0.3 is 0 Å². The first kappa shape index (κ1) is 25.5. The SMILES string of the molecule is CCOc1cc(/C=C(\C#N)C(=O)Nc2cccc3ccccc23)cc(I)c1OCc1ccccc1Cl. The fraction of sp³-hybridized carbons (Fsp3) is 0.103. The van der Waals surface area contributed by atoms with Gasteiger partial charge in [-0.15, -0.1) is 0 Å². The van der Waals surface area contributed by atoms with Gasteiger partial charge in [-0.2, -0.15) is 5.26 Å². The molecule has 0 radical (unpaired) electrons. The summed E-state index contributed by atoms with van der Waals surface area (Å²) < 4.78 is 12.7. The minimum absolute atomic E-state index is 0.0223. The van der Waals surface area contributed by atoms with Crippen LogP contribution >= 0.6 is 34.2 Å². The number of nitriles is 1. The van der Waals surface area contributed by atoms with E-state index in [2.05, 4.69) is 27.9 Å². The number of nitrogens with zero attached hydrogens (tertiary/aromatic N) is 1. The number of hydrogen-bond donors (Lipinski definition) is 1. The van der Waals surface area contributed by atoms with Gasteiger partial charge in [-0.25, -0.2) is 0 Å². The van der Waals surface area contributed by atoms with Crippen molar-refractivity contribution in [3.8, 4) is 17.6 Å². The number of amides is 1. The van der Waals surface area contributed by atoms with Gasteiger partial charge in [0.1, 0.15) is 18.2 Å². The number of carbonyl (C=O) groups is 1. The topological polar surface area (TPSA) is 71.3 Å². The number of hydrogen-bond acceptors (Lipinski definition) is 4. The second kappa shape index (κ2) is 11.9. The normalized spacial score (nSPS) is 11.1. The lowest BCUT2D eigenvalue weighted by Gasteiger charge is -2.15. The Kier molecular flexibility index (Phi) is 8.47. The first-order valence-electron chi connectivity index (χ1n) is 11.2.